The maximum absolute atomic E-state index is 13.1. The van der Waals surface area contributed by atoms with E-state index in [1.807, 2.05) is 17.9 Å². The standard InChI is InChI=1S/C29H29ClFN5O2/c1-19-16-22(3-2-20-4-8-24(31)9-5-20)17-32-27(19)33-28(37)26-25(30)18-36(34-26)15-12-21-10-13-35(14-11-21)29(38)23-6-7-23/h4-5,8-9,16-18,21,23H,6-7,10-15H2,1H3,(H,32,33,37). The van der Waals surface area contributed by atoms with Crippen LogP contribution in [0.5, 0.6) is 0 Å². The Bertz CT molecular complexity index is 1400. The molecule has 1 N–H and O–H groups in total. The Balaban J connectivity index is 1.14. The number of hydrogen-bond acceptors (Lipinski definition) is 4. The van der Waals surface area contributed by atoms with Crippen LogP contribution in [0.15, 0.2) is 42.7 Å². The van der Waals surface area contributed by atoms with Crippen LogP contribution in [0.25, 0.3) is 0 Å². The molecule has 0 atom stereocenters. The first-order valence-corrected chi connectivity index (χ1v) is 13.3. The maximum Gasteiger partial charge on any atom is 0.278 e. The van der Waals surface area contributed by atoms with Crippen molar-refractivity contribution in [1.29, 1.82) is 0 Å². The second-order valence-corrected chi connectivity index (χ2v) is 10.4. The fourth-order valence-electron chi connectivity index (χ4n) is 4.63. The van der Waals surface area contributed by atoms with Gasteiger partial charge < -0.3 is 10.2 Å². The number of nitrogens with one attached hydrogen (secondary N) is 1. The molecule has 0 spiro atoms. The van der Waals surface area contributed by atoms with E-state index in [2.05, 4.69) is 27.2 Å². The molecular formula is C29H29ClFN5O2. The number of aromatic nitrogens is 3. The smallest absolute Gasteiger partial charge is 0.278 e. The van der Waals surface area contributed by atoms with Crippen molar-refractivity contribution in [3.63, 3.8) is 0 Å². The van der Waals surface area contributed by atoms with Crippen molar-refractivity contribution >= 4 is 29.2 Å². The van der Waals surface area contributed by atoms with Crippen LogP contribution in [0.4, 0.5) is 10.2 Å². The van der Waals surface area contributed by atoms with Gasteiger partial charge in [-0.15, -0.1) is 0 Å². The highest BCUT2D eigenvalue weighted by Crippen LogP contribution is 2.33. The van der Waals surface area contributed by atoms with Crippen molar-refractivity contribution in [1.82, 2.24) is 19.7 Å². The predicted molar refractivity (Wildman–Crippen MR) is 143 cm³/mol. The Morgan fingerprint density at radius 1 is 1.11 bits per heavy atom. The number of anilines is 1. The summed E-state index contributed by atoms with van der Waals surface area (Å²) in [7, 11) is 0. The number of carbonyl (C=O) groups is 2. The molecule has 1 saturated heterocycles. The molecule has 1 aliphatic carbocycles. The lowest BCUT2D eigenvalue weighted by atomic mass is 9.93. The van der Waals surface area contributed by atoms with E-state index < -0.39 is 5.91 Å². The van der Waals surface area contributed by atoms with Crippen LogP contribution in [0.3, 0.4) is 0 Å². The van der Waals surface area contributed by atoms with Gasteiger partial charge in [0.05, 0.1) is 5.02 Å². The summed E-state index contributed by atoms with van der Waals surface area (Å²) >= 11 is 6.34. The highest BCUT2D eigenvalue weighted by Gasteiger charge is 2.34. The maximum atomic E-state index is 13.1. The Kier molecular flexibility index (Phi) is 7.75. The average molecular weight is 534 g/mol. The summed E-state index contributed by atoms with van der Waals surface area (Å²) in [5.41, 5.74) is 2.26. The molecule has 38 heavy (non-hydrogen) atoms. The van der Waals surface area contributed by atoms with E-state index >= 15 is 0 Å². The fourth-order valence-corrected chi connectivity index (χ4v) is 4.87. The number of aryl methyl sites for hydroxylation is 2. The summed E-state index contributed by atoms with van der Waals surface area (Å²) in [6.45, 7) is 4.15. The predicted octanol–water partition coefficient (Wildman–Crippen LogP) is 5.07. The lowest BCUT2D eigenvalue weighted by molar-refractivity contribution is -0.134. The van der Waals surface area contributed by atoms with Crippen LogP contribution in [0, 0.1) is 36.4 Å². The van der Waals surface area contributed by atoms with E-state index in [4.69, 9.17) is 11.6 Å². The highest BCUT2D eigenvalue weighted by atomic mass is 35.5. The summed E-state index contributed by atoms with van der Waals surface area (Å²) in [5.74, 6) is 6.76. The molecule has 196 valence electrons. The molecule has 2 aliphatic rings. The van der Waals surface area contributed by atoms with Gasteiger partial charge in [-0.2, -0.15) is 5.10 Å². The van der Waals surface area contributed by atoms with Crippen LogP contribution in [0.1, 0.15) is 59.3 Å². The van der Waals surface area contributed by atoms with E-state index in [1.54, 1.807) is 29.2 Å². The van der Waals surface area contributed by atoms with E-state index in [0.29, 0.717) is 35.3 Å². The zero-order valence-corrected chi connectivity index (χ0v) is 22.0. The van der Waals surface area contributed by atoms with Gasteiger partial charge in [-0.1, -0.05) is 23.4 Å². The Labute approximate surface area is 226 Å². The third-order valence-electron chi connectivity index (χ3n) is 7.06. The first kappa shape index (κ1) is 25.9. The third kappa shape index (κ3) is 6.40. The molecule has 2 aromatic heterocycles. The number of halogens is 2. The van der Waals surface area contributed by atoms with Crippen LogP contribution in [-0.4, -0.2) is 44.6 Å². The molecule has 1 aromatic carbocycles. The van der Waals surface area contributed by atoms with Crippen molar-refractivity contribution in [3.8, 4) is 11.8 Å². The molecule has 9 heteroatoms. The molecule has 3 heterocycles. The number of piperidine rings is 1. The van der Waals surface area contributed by atoms with E-state index in [9.17, 15) is 14.0 Å². The summed E-state index contributed by atoms with van der Waals surface area (Å²) in [6.07, 6.45) is 8.25. The van der Waals surface area contributed by atoms with Crippen molar-refractivity contribution in [2.75, 3.05) is 18.4 Å². The van der Waals surface area contributed by atoms with Gasteiger partial charge in [0.1, 0.15) is 11.6 Å². The molecule has 3 aromatic rings. The lowest BCUT2D eigenvalue weighted by Crippen LogP contribution is -2.39. The summed E-state index contributed by atoms with van der Waals surface area (Å²) in [4.78, 5) is 31.5. The molecule has 1 aliphatic heterocycles. The van der Waals surface area contributed by atoms with Crippen LogP contribution in [0.2, 0.25) is 5.02 Å². The molecule has 0 bridgehead atoms. The summed E-state index contributed by atoms with van der Waals surface area (Å²) < 4.78 is 14.8. The minimum absolute atomic E-state index is 0.151. The highest BCUT2D eigenvalue weighted by molar-refractivity contribution is 6.34. The number of rotatable bonds is 6. The largest absolute Gasteiger partial charge is 0.342 e. The molecule has 0 radical (unpaired) electrons. The molecular weight excluding hydrogens is 505 g/mol. The fraction of sp³-hybridized carbons (Fsp3) is 0.379. The molecule has 2 amide bonds. The summed E-state index contributed by atoms with van der Waals surface area (Å²) in [5, 5.41) is 7.48. The van der Waals surface area contributed by atoms with Crippen molar-refractivity contribution in [3.05, 3.63) is 75.9 Å². The number of benzene rings is 1. The van der Waals surface area contributed by atoms with Crippen LogP contribution < -0.4 is 5.32 Å². The van der Waals surface area contributed by atoms with Gasteiger partial charge in [-0.3, -0.25) is 14.3 Å². The molecule has 5 rings (SSSR count). The number of nitrogens with zero attached hydrogens (tertiary/aromatic N) is 4. The SMILES string of the molecule is Cc1cc(C#Cc2ccc(F)cc2)cnc1NC(=O)c1nn(CCC2CCN(C(=O)C3CC3)CC2)cc1Cl. The van der Waals surface area contributed by atoms with Crippen LogP contribution in [-0.2, 0) is 11.3 Å². The van der Waals surface area contributed by atoms with Crippen LogP contribution >= 0.6 is 11.6 Å². The van der Waals surface area contributed by atoms with Gasteiger partial charge in [0.25, 0.3) is 5.91 Å². The number of hydrogen-bond donors (Lipinski definition) is 1. The number of likely N-dealkylation sites (tertiary alicyclic amines) is 1. The van der Waals surface area contributed by atoms with E-state index in [1.165, 1.54) is 12.1 Å². The minimum atomic E-state index is -0.429. The lowest BCUT2D eigenvalue weighted by Gasteiger charge is -2.32. The van der Waals surface area contributed by atoms with Crippen molar-refractivity contribution in [2.24, 2.45) is 11.8 Å². The Morgan fingerprint density at radius 2 is 1.82 bits per heavy atom. The second-order valence-electron chi connectivity index (χ2n) is 10.0. The topological polar surface area (TPSA) is 80.1 Å². The Morgan fingerprint density at radius 3 is 2.50 bits per heavy atom. The van der Waals surface area contributed by atoms with Crippen molar-refractivity contribution in [2.45, 2.75) is 45.6 Å². The zero-order valence-electron chi connectivity index (χ0n) is 21.2. The minimum Gasteiger partial charge on any atom is -0.342 e. The van der Waals surface area contributed by atoms with Crippen molar-refractivity contribution < 1.29 is 14.0 Å². The quantitative estimate of drug-likeness (QED) is 0.449. The monoisotopic (exact) mass is 533 g/mol. The van der Waals surface area contributed by atoms with E-state index in [0.717, 1.165) is 50.8 Å². The average Bonchev–Trinajstić information content (AvgIpc) is 3.70. The molecule has 0 unspecified atom stereocenters. The first-order chi connectivity index (χ1) is 18.4. The van der Waals surface area contributed by atoms with Gasteiger partial charge in [0.15, 0.2) is 5.69 Å². The normalized spacial score (nSPS) is 15.6. The Hall–Kier alpha value is -3.70. The summed E-state index contributed by atoms with van der Waals surface area (Å²) in [6, 6.07) is 7.77. The number of carbonyl (C=O) groups excluding carboxylic acids is 2. The molecule has 2 fully saturated rings. The number of pyridine rings is 1. The van der Waals surface area contributed by atoms with Gasteiger partial charge in [0.2, 0.25) is 5.91 Å². The second kappa shape index (κ2) is 11.4. The van der Waals surface area contributed by atoms with Gasteiger partial charge in [-0.25, -0.2) is 9.37 Å². The third-order valence-corrected chi connectivity index (χ3v) is 7.33. The zero-order chi connectivity index (χ0) is 26.6. The first-order valence-electron chi connectivity index (χ1n) is 12.9. The number of amides is 2. The van der Waals surface area contributed by atoms with E-state index in [-0.39, 0.29) is 22.5 Å². The molecule has 1 saturated carbocycles. The van der Waals surface area contributed by atoms with Gasteiger partial charge in [0, 0.05) is 49.1 Å². The molecule has 7 nitrogen and oxygen atoms in total. The van der Waals surface area contributed by atoms with Gasteiger partial charge >= 0.3 is 0 Å². The van der Waals surface area contributed by atoms with Gasteiger partial charge in [-0.05, 0) is 80.8 Å².